The van der Waals surface area contributed by atoms with E-state index in [1.165, 1.54) is 59.3 Å². The quantitative estimate of drug-likeness (QED) is 0.187. The smallest absolute Gasteiger partial charge is 0.287 e. The Morgan fingerprint density at radius 2 is 1.82 bits per heavy atom. The lowest BCUT2D eigenvalue weighted by atomic mass is 10.00. The molecule has 28 heavy (non-hydrogen) atoms. The number of para-hydroxylation sites is 1. The summed E-state index contributed by atoms with van der Waals surface area (Å²) in [4.78, 5) is 4.74. The molecule has 0 fully saturated rings. The molecule has 3 nitrogen and oxygen atoms in total. The Bertz CT molecular complexity index is 1740. The first-order valence-corrected chi connectivity index (χ1v) is 10.3. The summed E-state index contributed by atoms with van der Waals surface area (Å²) in [5.41, 5.74) is 7.49. The van der Waals surface area contributed by atoms with Crippen LogP contribution in [0.5, 0.6) is 0 Å². The van der Waals surface area contributed by atoms with E-state index >= 15 is 0 Å². The zero-order valence-corrected chi connectivity index (χ0v) is 16.3. The van der Waals surface area contributed by atoms with Gasteiger partial charge in [0.15, 0.2) is 5.52 Å². The van der Waals surface area contributed by atoms with Gasteiger partial charge in [-0.2, -0.15) is 0 Å². The molecule has 132 valence electrons. The molecule has 0 N–H and O–H groups in total. The van der Waals surface area contributed by atoms with Crippen molar-refractivity contribution in [2.45, 2.75) is 6.92 Å². The topological polar surface area (TPSA) is 21.2 Å². The Kier molecular flexibility index (Phi) is 2.52. The fourth-order valence-electron chi connectivity index (χ4n) is 5.06. The summed E-state index contributed by atoms with van der Waals surface area (Å²) >= 11 is 1.82. The molecular formula is C24H16N3S+. The summed E-state index contributed by atoms with van der Waals surface area (Å²) in [5, 5.41) is 8.72. The zero-order chi connectivity index (χ0) is 18.6. The highest BCUT2D eigenvalue weighted by molar-refractivity contribution is 7.17. The number of fused-ring (bicyclic) bond motifs is 7. The van der Waals surface area contributed by atoms with Crippen LogP contribution in [-0.4, -0.2) is 9.38 Å². The van der Waals surface area contributed by atoms with Gasteiger partial charge in [-0.05, 0) is 58.6 Å². The van der Waals surface area contributed by atoms with E-state index in [1.807, 2.05) is 17.7 Å². The molecule has 4 heterocycles. The molecule has 0 aliphatic heterocycles. The molecule has 0 bridgehead atoms. The number of aromatic nitrogens is 3. The number of aryl methyl sites for hydroxylation is 2. The Morgan fingerprint density at radius 1 is 0.929 bits per heavy atom. The van der Waals surface area contributed by atoms with E-state index in [0.29, 0.717) is 0 Å². The van der Waals surface area contributed by atoms with E-state index in [4.69, 9.17) is 4.98 Å². The van der Waals surface area contributed by atoms with Gasteiger partial charge in [0.05, 0.1) is 29.0 Å². The monoisotopic (exact) mass is 378 g/mol. The van der Waals surface area contributed by atoms with Crippen molar-refractivity contribution >= 4 is 70.6 Å². The minimum atomic E-state index is 1.06. The van der Waals surface area contributed by atoms with Crippen LogP contribution in [0.3, 0.4) is 0 Å². The van der Waals surface area contributed by atoms with Gasteiger partial charge in [-0.25, -0.2) is 4.57 Å². The van der Waals surface area contributed by atoms with E-state index in [-0.39, 0.29) is 0 Å². The molecule has 0 saturated heterocycles. The van der Waals surface area contributed by atoms with Crippen molar-refractivity contribution in [3.8, 4) is 0 Å². The van der Waals surface area contributed by atoms with Crippen LogP contribution in [0.1, 0.15) is 5.56 Å². The number of rotatable bonds is 0. The molecule has 0 unspecified atom stereocenters. The van der Waals surface area contributed by atoms with Crippen molar-refractivity contribution in [1.82, 2.24) is 9.38 Å². The van der Waals surface area contributed by atoms with Crippen LogP contribution < -0.4 is 4.57 Å². The SMILES string of the molecule is Cc1c2ccsc2cc2c1c1c3c(ccc4c5ccccc5n2c43)nc[n+]1C. The molecule has 0 amide bonds. The van der Waals surface area contributed by atoms with Crippen molar-refractivity contribution < 1.29 is 4.57 Å². The van der Waals surface area contributed by atoms with Crippen LogP contribution >= 0.6 is 11.3 Å². The lowest BCUT2D eigenvalue weighted by Crippen LogP contribution is -2.30. The summed E-state index contributed by atoms with van der Waals surface area (Å²) in [5.74, 6) is 0. The second-order valence-electron chi connectivity index (χ2n) is 7.64. The van der Waals surface area contributed by atoms with Gasteiger partial charge in [-0.15, -0.1) is 11.3 Å². The summed E-state index contributed by atoms with van der Waals surface area (Å²) in [6.45, 7) is 2.26. The Morgan fingerprint density at radius 3 is 2.75 bits per heavy atom. The Hall–Kier alpha value is -3.24. The van der Waals surface area contributed by atoms with Crippen LogP contribution in [0.4, 0.5) is 0 Å². The van der Waals surface area contributed by atoms with Gasteiger partial charge in [0.25, 0.3) is 6.33 Å². The highest BCUT2D eigenvalue weighted by Crippen LogP contribution is 2.42. The molecule has 4 heteroatoms. The van der Waals surface area contributed by atoms with Gasteiger partial charge in [-0.1, -0.05) is 18.2 Å². The largest absolute Gasteiger partial charge is 0.307 e. The number of benzene rings is 3. The van der Waals surface area contributed by atoms with Crippen LogP contribution in [0, 0.1) is 6.92 Å². The third kappa shape index (κ3) is 1.54. The van der Waals surface area contributed by atoms with Gasteiger partial charge in [-0.3, -0.25) is 0 Å². The first kappa shape index (κ1) is 14.8. The summed E-state index contributed by atoms with van der Waals surface area (Å²) in [6.07, 6.45) is 1.95. The molecule has 4 aromatic heterocycles. The van der Waals surface area contributed by atoms with Gasteiger partial charge in [0, 0.05) is 20.9 Å². The van der Waals surface area contributed by atoms with E-state index in [2.05, 4.69) is 76.9 Å². The van der Waals surface area contributed by atoms with E-state index in [0.717, 1.165) is 5.52 Å². The predicted molar refractivity (Wildman–Crippen MR) is 118 cm³/mol. The lowest BCUT2D eigenvalue weighted by molar-refractivity contribution is -0.646. The minimum Gasteiger partial charge on any atom is -0.307 e. The Labute approximate surface area is 164 Å². The number of hydrogen-bond acceptors (Lipinski definition) is 2. The fourth-order valence-corrected chi connectivity index (χ4v) is 5.94. The van der Waals surface area contributed by atoms with Crippen molar-refractivity contribution in [1.29, 1.82) is 0 Å². The maximum atomic E-state index is 4.74. The number of thiophene rings is 1. The minimum absolute atomic E-state index is 1.06. The maximum Gasteiger partial charge on any atom is 0.287 e. The van der Waals surface area contributed by atoms with Crippen molar-refractivity contribution in [3.63, 3.8) is 0 Å². The third-order valence-electron chi connectivity index (χ3n) is 6.25. The molecule has 0 aliphatic rings. The highest BCUT2D eigenvalue weighted by Gasteiger charge is 2.24. The summed E-state index contributed by atoms with van der Waals surface area (Å²) in [7, 11) is 2.11. The number of pyridine rings is 1. The maximum absolute atomic E-state index is 4.74. The lowest BCUT2D eigenvalue weighted by Gasteiger charge is -2.13. The predicted octanol–water partition coefficient (Wildman–Crippen LogP) is 5.73. The summed E-state index contributed by atoms with van der Waals surface area (Å²) in [6, 6.07) is 17.8. The first-order chi connectivity index (χ1) is 13.7. The molecule has 7 aromatic rings. The average molecular weight is 378 g/mol. The molecule has 0 radical (unpaired) electrons. The molecule has 3 aromatic carbocycles. The summed E-state index contributed by atoms with van der Waals surface area (Å²) < 4.78 is 5.99. The molecule has 0 spiro atoms. The highest BCUT2D eigenvalue weighted by atomic mass is 32.1. The van der Waals surface area contributed by atoms with E-state index in [9.17, 15) is 0 Å². The van der Waals surface area contributed by atoms with Gasteiger partial charge >= 0.3 is 0 Å². The van der Waals surface area contributed by atoms with Crippen molar-refractivity contribution in [2.24, 2.45) is 7.05 Å². The molecular weight excluding hydrogens is 362 g/mol. The van der Waals surface area contributed by atoms with E-state index < -0.39 is 0 Å². The van der Waals surface area contributed by atoms with Crippen LogP contribution in [0.25, 0.3) is 59.2 Å². The second-order valence-corrected chi connectivity index (χ2v) is 8.59. The third-order valence-corrected chi connectivity index (χ3v) is 7.11. The van der Waals surface area contributed by atoms with Crippen LogP contribution in [-0.2, 0) is 7.05 Å². The zero-order valence-electron chi connectivity index (χ0n) is 15.5. The first-order valence-electron chi connectivity index (χ1n) is 9.46. The van der Waals surface area contributed by atoms with Gasteiger partial charge in [0.1, 0.15) is 5.52 Å². The fraction of sp³-hybridized carbons (Fsp3) is 0.0833. The molecule has 0 atom stereocenters. The molecule has 7 rings (SSSR count). The number of nitrogens with zero attached hydrogens (tertiary/aromatic N) is 3. The van der Waals surface area contributed by atoms with E-state index in [1.54, 1.807) is 0 Å². The molecule has 0 aliphatic carbocycles. The molecule has 0 saturated carbocycles. The van der Waals surface area contributed by atoms with Gasteiger partial charge < -0.3 is 4.40 Å². The van der Waals surface area contributed by atoms with Crippen molar-refractivity contribution in [2.75, 3.05) is 0 Å². The average Bonchev–Trinajstić information content (AvgIpc) is 3.31. The number of hydrogen-bond donors (Lipinski definition) is 0. The van der Waals surface area contributed by atoms with Crippen LogP contribution in [0.2, 0.25) is 0 Å². The van der Waals surface area contributed by atoms with Crippen LogP contribution in [0.15, 0.2) is 60.2 Å². The second kappa shape index (κ2) is 4.78. The van der Waals surface area contributed by atoms with Crippen molar-refractivity contribution in [3.05, 3.63) is 65.8 Å². The Balaban J connectivity index is 2.01. The standard InChI is InChI=1S/C24H16N3S/c1-13-14-9-10-28-20(14)11-19-21(13)24-22-17(25-12-26(24)2)8-7-16-15-5-3-4-6-18(15)27(19)23(16)22/h3-12H,1-2H3/q+1. The van der Waals surface area contributed by atoms with Gasteiger partial charge in [0.2, 0.25) is 0 Å². The normalized spacial score (nSPS) is 12.6.